The van der Waals surface area contributed by atoms with Gasteiger partial charge >= 0.3 is 0 Å². The van der Waals surface area contributed by atoms with E-state index >= 15 is 0 Å². The van der Waals surface area contributed by atoms with E-state index in [1.54, 1.807) is 0 Å². The number of hydrogen-bond donors (Lipinski definition) is 1. The lowest BCUT2D eigenvalue weighted by Crippen LogP contribution is -2.08. The highest BCUT2D eigenvalue weighted by molar-refractivity contribution is 7.12. The molecule has 0 aliphatic rings. The summed E-state index contributed by atoms with van der Waals surface area (Å²) in [5, 5.41) is 0. The maximum atomic E-state index is 5.92. The normalized spacial score (nSPS) is 13.5. The van der Waals surface area contributed by atoms with Crippen LogP contribution in [0.1, 0.15) is 34.7 Å². The molecule has 0 fully saturated rings. The maximum Gasteiger partial charge on any atom is 0.0303 e. The van der Waals surface area contributed by atoms with E-state index in [2.05, 4.69) is 26.8 Å². The summed E-state index contributed by atoms with van der Waals surface area (Å²) >= 11 is 1.83. The highest BCUT2D eigenvalue weighted by atomic mass is 32.1. The first-order valence-corrected chi connectivity index (χ1v) is 4.79. The topological polar surface area (TPSA) is 26.0 Å². The summed E-state index contributed by atoms with van der Waals surface area (Å²) in [7, 11) is 0. The first kappa shape index (κ1) is 8.75. The molecule has 0 unspecified atom stereocenters. The van der Waals surface area contributed by atoms with Crippen molar-refractivity contribution >= 4 is 11.3 Å². The van der Waals surface area contributed by atoms with Crippen LogP contribution in [0, 0.1) is 13.8 Å². The molecular formula is C9H15NS. The third-order valence-electron chi connectivity index (χ3n) is 1.92. The fourth-order valence-electron chi connectivity index (χ4n) is 1.24. The molecule has 0 radical (unpaired) electrons. The molecule has 0 spiro atoms. The van der Waals surface area contributed by atoms with Gasteiger partial charge in [-0.15, -0.1) is 11.3 Å². The molecule has 1 nitrogen and oxygen atoms in total. The second kappa shape index (κ2) is 3.37. The summed E-state index contributed by atoms with van der Waals surface area (Å²) in [5.74, 6) is 0. The molecule has 0 bridgehead atoms. The van der Waals surface area contributed by atoms with Gasteiger partial charge in [0.05, 0.1) is 0 Å². The summed E-state index contributed by atoms with van der Waals surface area (Å²) in [6.45, 7) is 6.39. The highest BCUT2D eigenvalue weighted by Gasteiger charge is 2.08. The van der Waals surface area contributed by atoms with Crippen molar-refractivity contribution in [1.29, 1.82) is 0 Å². The van der Waals surface area contributed by atoms with Crippen LogP contribution < -0.4 is 5.73 Å². The first-order valence-electron chi connectivity index (χ1n) is 3.97. The summed E-state index contributed by atoms with van der Waals surface area (Å²) in [4.78, 5) is 2.73. The molecular weight excluding hydrogens is 154 g/mol. The van der Waals surface area contributed by atoms with Crippen molar-refractivity contribution in [1.82, 2.24) is 0 Å². The van der Waals surface area contributed by atoms with Crippen molar-refractivity contribution in [2.45, 2.75) is 33.2 Å². The van der Waals surface area contributed by atoms with Gasteiger partial charge in [0.1, 0.15) is 0 Å². The third-order valence-corrected chi connectivity index (χ3v) is 2.90. The summed E-state index contributed by atoms with van der Waals surface area (Å²) in [6.07, 6.45) is 1.02. The minimum Gasteiger partial charge on any atom is -0.324 e. The zero-order valence-corrected chi connectivity index (χ0v) is 8.16. The molecule has 0 saturated heterocycles. The molecule has 0 aromatic carbocycles. The second-order valence-corrected chi connectivity index (χ2v) is 4.34. The highest BCUT2D eigenvalue weighted by Crippen LogP contribution is 2.26. The van der Waals surface area contributed by atoms with Crippen LogP contribution in [0.5, 0.6) is 0 Å². The van der Waals surface area contributed by atoms with Crippen LogP contribution >= 0.6 is 11.3 Å². The molecule has 0 aliphatic heterocycles. The van der Waals surface area contributed by atoms with Crippen molar-refractivity contribution in [3.63, 3.8) is 0 Å². The van der Waals surface area contributed by atoms with Gasteiger partial charge in [-0.1, -0.05) is 6.92 Å². The van der Waals surface area contributed by atoms with Crippen LogP contribution in [-0.2, 0) is 0 Å². The van der Waals surface area contributed by atoms with Gasteiger partial charge in [0.15, 0.2) is 0 Å². The lowest BCUT2D eigenvalue weighted by molar-refractivity contribution is 0.697. The Hall–Kier alpha value is -0.340. The predicted octanol–water partition coefficient (Wildman–Crippen LogP) is 2.77. The van der Waals surface area contributed by atoms with Gasteiger partial charge in [-0.25, -0.2) is 0 Å². The van der Waals surface area contributed by atoms with Crippen LogP contribution in [0.2, 0.25) is 0 Å². The Morgan fingerprint density at radius 2 is 2.18 bits per heavy atom. The van der Waals surface area contributed by atoms with Crippen molar-refractivity contribution < 1.29 is 0 Å². The lowest BCUT2D eigenvalue weighted by atomic mass is 10.1. The van der Waals surface area contributed by atoms with E-state index in [9.17, 15) is 0 Å². The minimum atomic E-state index is 0.236. The maximum absolute atomic E-state index is 5.92. The standard InChI is InChI=1S/C9H15NS/c1-4-9(10)8-5-6(2)11-7(8)3/h5,9H,4,10H2,1-3H3/t9-/m1/s1. The van der Waals surface area contributed by atoms with E-state index in [0.29, 0.717) is 0 Å². The molecule has 2 N–H and O–H groups in total. The van der Waals surface area contributed by atoms with Gasteiger partial charge in [0, 0.05) is 15.8 Å². The van der Waals surface area contributed by atoms with Gasteiger partial charge in [-0.2, -0.15) is 0 Å². The first-order chi connectivity index (χ1) is 5.15. The van der Waals surface area contributed by atoms with E-state index in [-0.39, 0.29) is 6.04 Å². The van der Waals surface area contributed by atoms with Crippen molar-refractivity contribution in [3.8, 4) is 0 Å². The molecule has 2 heteroatoms. The van der Waals surface area contributed by atoms with Crippen LogP contribution in [0.25, 0.3) is 0 Å². The quantitative estimate of drug-likeness (QED) is 0.724. The molecule has 62 valence electrons. The Balaban J connectivity index is 2.93. The smallest absolute Gasteiger partial charge is 0.0303 e. The minimum absolute atomic E-state index is 0.236. The molecule has 0 saturated carbocycles. The van der Waals surface area contributed by atoms with Crippen molar-refractivity contribution in [2.24, 2.45) is 5.73 Å². The van der Waals surface area contributed by atoms with Gasteiger partial charge in [0.25, 0.3) is 0 Å². The lowest BCUT2D eigenvalue weighted by Gasteiger charge is -2.06. The number of hydrogen-bond acceptors (Lipinski definition) is 2. The number of nitrogens with two attached hydrogens (primary N) is 1. The third kappa shape index (κ3) is 1.82. The fourth-order valence-corrected chi connectivity index (χ4v) is 2.24. The SMILES string of the molecule is CC[C@@H](N)c1cc(C)sc1C. The molecule has 0 aliphatic carbocycles. The summed E-state index contributed by atoms with van der Waals surface area (Å²) < 4.78 is 0. The Labute approximate surface area is 72.2 Å². The largest absolute Gasteiger partial charge is 0.324 e. The van der Waals surface area contributed by atoms with Crippen LogP contribution in [0.4, 0.5) is 0 Å². The molecule has 1 rings (SSSR count). The molecule has 1 aromatic rings. The molecule has 0 amide bonds. The summed E-state index contributed by atoms with van der Waals surface area (Å²) in [5.41, 5.74) is 7.24. The zero-order chi connectivity index (χ0) is 8.43. The molecule has 11 heavy (non-hydrogen) atoms. The second-order valence-electron chi connectivity index (χ2n) is 2.88. The van der Waals surface area contributed by atoms with Crippen molar-refractivity contribution in [2.75, 3.05) is 0 Å². The predicted molar refractivity (Wildman–Crippen MR) is 51.0 cm³/mol. The van der Waals surface area contributed by atoms with E-state index < -0.39 is 0 Å². The number of aryl methyl sites for hydroxylation is 2. The average molecular weight is 169 g/mol. The van der Waals surface area contributed by atoms with Crippen LogP contribution in [0.3, 0.4) is 0 Å². The van der Waals surface area contributed by atoms with Crippen LogP contribution in [-0.4, -0.2) is 0 Å². The monoisotopic (exact) mass is 169 g/mol. The van der Waals surface area contributed by atoms with E-state index in [1.165, 1.54) is 15.3 Å². The fraction of sp³-hybridized carbons (Fsp3) is 0.556. The Morgan fingerprint density at radius 3 is 2.55 bits per heavy atom. The molecule has 1 atom stereocenters. The Bertz CT molecular complexity index is 240. The number of thiophene rings is 1. The van der Waals surface area contributed by atoms with E-state index in [4.69, 9.17) is 5.73 Å². The average Bonchev–Trinajstić information content (AvgIpc) is 2.28. The van der Waals surface area contributed by atoms with E-state index in [0.717, 1.165) is 6.42 Å². The van der Waals surface area contributed by atoms with Gasteiger partial charge in [0.2, 0.25) is 0 Å². The van der Waals surface area contributed by atoms with Crippen LogP contribution in [0.15, 0.2) is 6.07 Å². The Kier molecular flexibility index (Phi) is 2.68. The van der Waals surface area contributed by atoms with E-state index in [1.807, 2.05) is 11.3 Å². The van der Waals surface area contributed by atoms with Gasteiger partial charge < -0.3 is 5.73 Å². The zero-order valence-electron chi connectivity index (χ0n) is 7.35. The van der Waals surface area contributed by atoms with Gasteiger partial charge in [-0.3, -0.25) is 0 Å². The Morgan fingerprint density at radius 1 is 1.55 bits per heavy atom. The van der Waals surface area contributed by atoms with Crippen molar-refractivity contribution in [3.05, 3.63) is 21.4 Å². The summed E-state index contributed by atoms with van der Waals surface area (Å²) in [6, 6.07) is 2.44. The number of rotatable bonds is 2. The van der Waals surface area contributed by atoms with Gasteiger partial charge in [-0.05, 0) is 31.9 Å². The molecule has 1 heterocycles. The molecule has 1 aromatic heterocycles.